The molecule has 0 radical (unpaired) electrons. The van der Waals surface area contributed by atoms with Crippen molar-refractivity contribution in [2.24, 2.45) is 0 Å². The molecule has 23 heavy (non-hydrogen) atoms. The van der Waals surface area contributed by atoms with Gasteiger partial charge in [-0.15, -0.1) is 0 Å². The number of morpholine rings is 1. The summed E-state index contributed by atoms with van der Waals surface area (Å²) in [5.74, 6) is 1.59. The van der Waals surface area contributed by atoms with Crippen molar-refractivity contribution in [3.63, 3.8) is 0 Å². The molecule has 2 aromatic rings. The van der Waals surface area contributed by atoms with Crippen LogP contribution in [0.4, 0.5) is 0 Å². The molecule has 6 nitrogen and oxygen atoms in total. The summed E-state index contributed by atoms with van der Waals surface area (Å²) in [7, 11) is 0. The van der Waals surface area contributed by atoms with E-state index in [0.717, 1.165) is 24.6 Å². The Bertz CT molecular complexity index is 661. The van der Waals surface area contributed by atoms with Crippen LogP contribution in [0.3, 0.4) is 0 Å². The highest BCUT2D eigenvalue weighted by molar-refractivity contribution is 6.29. The van der Waals surface area contributed by atoms with Crippen molar-refractivity contribution in [1.29, 1.82) is 0 Å². The van der Waals surface area contributed by atoms with Crippen LogP contribution in [0.5, 0.6) is 0 Å². The van der Waals surface area contributed by atoms with Crippen molar-refractivity contribution in [3.05, 3.63) is 46.8 Å². The largest absolute Gasteiger partial charge is 0.465 e. The van der Waals surface area contributed by atoms with Gasteiger partial charge in [-0.2, -0.15) is 0 Å². The van der Waals surface area contributed by atoms with E-state index in [-0.39, 0.29) is 22.9 Å². The number of nitrogens with zero attached hydrogens (tertiary/aromatic N) is 1. The first kappa shape index (κ1) is 16.1. The zero-order valence-corrected chi connectivity index (χ0v) is 13.6. The van der Waals surface area contributed by atoms with Gasteiger partial charge < -0.3 is 18.9 Å². The summed E-state index contributed by atoms with van der Waals surface area (Å²) in [6, 6.07) is 6.94. The fraction of sp³-hybridized carbons (Fsp3) is 0.438. The summed E-state index contributed by atoms with van der Waals surface area (Å²) in [5, 5.41) is 3.08. The molecule has 0 aliphatic carbocycles. The van der Waals surface area contributed by atoms with Crippen molar-refractivity contribution in [2.45, 2.75) is 13.0 Å². The number of carbonyl (C=O) groups is 1. The van der Waals surface area contributed by atoms with Crippen molar-refractivity contribution in [2.75, 3.05) is 32.8 Å². The molecule has 1 aliphatic heterocycles. The highest BCUT2D eigenvalue weighted by Gasteiger charge is 2.26. The fourth-order valence-corrected chi connectivity index (χ4v) is 2.79. The van der Waals surface area contributed by atoms with Gasteiger partial charge in [-0.3, -0.25) is 9.69 Å². The van der Waals surface area contributed by atoms with E-state index in [0.29, 0.717) is 19.8 Å². The van der Waals surface area contributed by atoms with Crippen molar-refractivity contribution >= 4 is 17.5 Å². The van der Waals surface area contributed by atoms with Crippen molar-refractivity contribution in [3.8, 4) is 0 Å². The topological polar surface area (TPSA) is 67.9 Å². The van der Waals surface area contributed by atoms with Crippen LogP contribution >= 0.6 is 11.6 Å². The monoisotopic (exact) mass is 338 g/mol. The molecule has 0 bridgehead atoms. The number of hydrogen-bond acceptors (Lipinski definition) is 5. The number of amides is 1. The standard InChI is InChI=1S/C16H19ClN2O4/c1-11-2-3-13(22-11)12(19-6-8-21-9-7-19)10-18-16(20)14-4-5-15(17)23-14/h2-5,12H,6-10H2,1H3,(H,18,20)/t12-/m0/s1. The molecule has 1 saturated heterocycles. The van der Waals surface area contributed by atoms with Crippen LogP contribution in [0.1, 0.15) is 28.1 Å². The van der Waals surface area contributed by atoms with Gasteiger partial charge in [0, 0.05) is 19.6 Å². The Balaban J connectivity index is 1.69. The lowest BCUT2D eigenvalue weighted by Gasteiger charge is -2.33. The van der Waals surface area contributed by atoms with Gasteiger partial charge in [-0.1, -0.05) is 0 Å². The van der Waals surface area contributed by atoms with Crippen LogP contribution in [0, 0.1) is 6.92 Å². The predicted octanol–water partition coefficient (Wildman–Crippen LogP) is 2.64. The third-order valence-corrected chi connectivity index (χ3v) is 4.03. The Morgan fingerprint density at radius 1 is 1.26 bits per heavy atom. The first-order valence-corrected chi connectivity index (χ1v) is 7.93. The van der Waals surface area contributed by atoms with E-state index in [2.05, 4.69) is 10.2 Å². The number of aryl methyl sites for hydroxylation is 1. The number of hydrogen-bond donors (Lipinski definition) is 1. The number of furan rings is 2. The van der Waals surface area contributed by atoms with E-state index in [1.165, 1.54) is 0 Å². The number of ether oxygens (including phenoxy) is 1. The quantitative estimate of drug-likeness (QED) is 0.907. The van der Waals surface area contributed by atoms with E-state index in [9.17, 15) is 4.79 Å². The number of nitrogens with one attached hydrogen (secondary N) is 1. The Morgan fingerprint density at radius 2 is 2.04 bits per heavy atom. The summed E-state index contributed by atoms with van der Waals surface area (Å²) in [6.45, 7) is 5.28. The molecule has 0 unspecified atom stereocenters. The van der Waals surface area contributed by atoms with Gasteiger partial charge in [-0.05, 0) is 42.8 Å². The Labute approximate surface area is 139 Å². The minimum Gasteiger partial charge on any atom is -0.465 e. The third-order valence-electron chi connectivity index (χ3n) is 3.83. The number of halogens is 1. The molecule has 0 spiro atoms. The fourth-order valence-electron chi connectivity index (χ4n) is 2.64. The maximum absolute atomic E-state index is 12.1. The first-order chi connectivity index (χ1) is 11.1. The van der Waals surface area contributed by atoms with E-state index >= 15 is 0 Å². The molecule has 3 heterocycles. The molecule has 1 fully saturated rings. The number of rotatable bonds is 5. The molecule has 7 heteroatoms. The molecule has 0 aromatic carbocycles. The smallest absolute Gasteiger partial charge is 0.287 e. The third kappa shape index (κ3) is 3.96. The second-order valence-electron chi connectivity index (χ2n) is 5.43. The average molecular weight is 339 g/mol. The molecule has 2 aromatic heterocycles. The van der Waals surface area contributed by atoms with E-state index in [1.807, 2.05) is 19.1 Å². The summed E-state index contributed by atoms with van der Waals surface area (Å²) in [6.07, 6.45) is 0. The minimum atomic E-state index is -0.293. The lowest BCUT2D eigenvalue weighted by Crippen LogP contribution is -2.43. The highest BCUT2D eigenvalue weighted by Crippen LogP contribution is 2.23. The van der Waals surface area contributed by atoms with Crippen LogP contribution in [0.15, 0.2) is 33.1 Å². The maximum Gasteiger partial charge on any atom is 0.287 e. The van der Waals surface area contributed by atoms with Crippen LogP contribution in [-0.2, 0) is 4.74 Å². The van der Waals surface area contributed by atoms with Gasteiger partial charge in [0.05, 0.1) is 19.3 Å². The molecule has 124 valence electrons. The lowest BCUT2D eigenvalue weighted by molar-refractivity contribution is 0.0116. The van der Waals surface area contributed by atoms with Gasteiger partial charge >= 0.3 is 0 Å². The Kier molecular flexibility index (Phi) is 5.05. The van der Waals surface area contributed by atoms with Gasteiger partial charge in [0.2, 0.25) is 0 Å². The molecule has 0 saturated carbocycles. The first-order valence-electron chi connectivity index (χ1n) is 7.55. The molecular weight excluding hydrogens is 320 g/mol. The molecule has 3 rings (SSSR count). The normalized spacial score (nSPS) is 17.1. The van der Waals surface area contributed by atoms with Crippen LogP contribution in [0.25, 0.3) is 0 Å². The second-order valence-corrected chi connectivity index (χ2v) is 5.80. The number of carbonyl (C=O) groups excluding carboxylic acids is 1. The van der Waals surface area contributed by atoms with Gasteiger partial charge in [0.1, 0.15) is 11.5 Å². The predicted molar refractivity (Wildman–Crippen MR) is 84.6 cm³/mol. The molecule has 1 amide bonds. The van der Waals surface area contributed by atoms with Gasteiger partial charge in [0.25, 0.3) is 5.91 Å². The minimum absolute atomic E-state index is 0.0398. The Hall–Kier alpha value is -1.76. The molecule has 1 atom stereocenters. The SMILES string of the molecule is Cc1ccc([C@H](CNC(=O)c2ccc(Cl)o2)N2CCOCC2)o1. The lowest BCUT2D eigenvalue weighted by atomic mass is 10.1. The maximum atomic E-state index is 12.1. The summed E-state index contributed by atoms with van der Waals surface area (Å²) >= 11 is 5.70. The Morgan fingerprint density at radius 3 is 2.65 bits per heavy atom. The van der Waals surface area contributed by atoms with E-state index in [4.69, 9.17) is 25.2 Å². The molecule has 1 N–H and O–H groups in total. The van der Waals surface area contributed by atoms with Gasteiger partial charge in [-0.25, -0.2) is 0 Å². The summed E-state index contributed by atoms with van der Waals surface area (Å²) < 4.78 is 16.3. The zero-order chi connectivity index (χ0) is 16.2. The van der Waals surface area contributed by atoms with E-state index in [1.54, 1.807) is 12.1 Å². The highest BCUT2D eigenvalue weighted by atomic mass is 35.5. The molecule has 1 aliphatic rings. The summed E-state index contributed by atoms with van der Waals surface area (Å²) in [5.41, 5.74) is 0. The van der Waals surface area contributed by atoms with Gasteiger partial charge in [0.15, 0.2) is 11.0 Å². The van der Waals surface area contributed by atoms with Crippen molar-refractivity contribution < 1.29 is 18.4 Å². The van der Waals surface area contributed by atoms with Crippen molar-refractivity contribution in [1.82, 2.24) is 10.2 Å². The van der Waals surface area contributed by atoms with Crippen LogP contribution in [0.2, 0.25) is 5.22 Å². The summed E-state index contributed by atoms with van der Waals surface area (Å²) in [4.78, 5) is 14.4. The second kappa shape index (κ2) is 7.21. The van der Waals surface area contributed by atoms with E-state index < -0.39 is 0 Å². The van der Waals surface area contributed by atoms with Crippen LogP contribution < -0.4 is 5.32 Å². The zero-order valence-electron chi connectivity index (χ0n) is 12.9. The van der Waals surface area contributed by atoms with Crippen LogP contribution in [-0.4, -0.2) is 43.7 Å². The molecular formula is C16H19ClN2O4. The average Bonchev–Trinajstić information content (AvgIpc) is 3.17.